The van der Waals surface area contributed by atoms with E-state index in [-0.39, 0.29) is 12.0 Å². The number of hydrogen-bond acceptors (Lipinski definition) is 3. The van der Waals surface area contributed by atoms with E-state index in [0.29, 0.717) is 5.76 Å². The summed E-state index contributed by atoms with van der Waals surface area (Å²) >= 11 is 0. The van der Waals surface area contributed by atoms with Gasteiger partial charge in [-0.15, -0.1) is 13.2 Å². The summed E-state index contributed by atoms with van der Waals surface area (Å²) in [4.78, 5) is 0. The highest BCUT2D eigenvalue weighted by Gasteiger charge is 2.32. The van der Waals surface area contributed by atoms with Crippen LogP contribution in [0.4, 0.5) is 13.2 Å². The fourth-order valence-corrected chi connectivity index (χ4v) is 1.70. The maximum absolute atomic E-state index is 12.2. The van der Waals surface area contributed by atoms with Gasteiger partial charge in [0.25, 0.3) is 0 Å². The third kappa shape index (κ3) is 3.75. The number of aliphatic hydroxyl groups is 1. The highest BCUT2D eigenvalue weighted by molar-refractivity contribution is 5.35. The van der Waals surface area contributed by atoms with Crippen LogP contribution in [-0.2, 0) is 6.42 Å². The number of ether oxygens (including phenoxy) is 1. The van der Waals surface area contributed by atoms with Crippen molar-refractivity contribution in [3.05, 3.63) is 54.0 Å². The summed E-state index contributed by atoms with van der Waals surface area (Å²) in [6, 6.07) is 8.76. The second-order valence-corrected chi connectivity index (χ2v) is 3.88. The number of furan rings is 1. The number of benzene rings is 1. The fraction of sp³-hybridized carbons (Fsp3) is 0.231. The third-order valence-corrected chi connectivity index (χ3v) is 2.48. The van der Waals surface area contributed by atoms with E-state index in [1.165, 1.54) is 24.5 Å². The average Bonchev–Trinajstić information content (AvgIpc) is 2.80. The first-order valence-electron chi connectivity index (χ1n) is 5.51. The summed E-state index contributed by atoms with van der Waals surface area (Å²) in [5, 5.41) is 9.96. The Kier molecular flexibility index (Phi) is 3.80. The van der Waals surface area contributed by atoms with Gasteiger partial charge in [-0.2, -0.15) is 0 Å². The molecule has 2 rings (SSSR count). The summed E-state index contributed by atoms with van der Waals surface area (Å²) in [5.41, 5.74) is 0.0659. The van der Waals surface area contributed by atoms with Gasteiger partial charge in [-0.1, -0.05) is 18.2 Å². The van der Waals surface area contributed by atoms with Gasteiger partial charge in [0.15, 0.2) is 0 Å². The molecule has 0 aliphatic heterocycles. The van der Waals surface area contributed by atoms with Crippen LogP contribution in [0.3, 0.4) is 0 Å². The van der Waals surface area contributed by atoms with Crippen molar-refractivity contribution in [2.75, 3.05) is 0 Å². The number of hydrogen-bond donors (Lipinski definition) is 1. The van der Waals surface area contributed by atoms with Gasteiger partial charge < -0.3 is 14.3 Å². The van der Waals surface area contributed by atoms with Crippen LogP contribution in [0.1, 0.15) is 17.4 Å². The van der Waals surface area contributed by atoms with E-state index < -0.39 is 18.2 Å². The molecule has 0 saturated carbocycles. The van der Waals surface area contributed by atoms with Crippen LogP contribution >= 0.6 is 0 Å². The molecule has 1 heterocycles. The van der Waals surface area contributed by atoms with E-state index in [0.717, 1.165) is 6.07 Å². The lowest BCUT2D eigenvalue weighted by atomic mass is 10.0. The summed E-state index contributed by atoms with van der Waals surface area (Å²) in [5.74, 6) is 0.0726. The molecule has 102 valence electrons. The Bertz CT molecular complexity index is 520. The Balaban J connectivity index is 2.19. The molecule has 1 unspecified atom stereocenters. The van der Waals surface area contributed by atoms with Crippen molar-refractivity contribution in [1.29, 1.82) is 0 Å². The maximum atomic E-state index is 12.2. The molecule has 1 atom stereocenters. The van der Waals surface area contributed by atoms with Crippen LogP contribution in [0.5, 0.6) is 5.75 Å². The van der Waals surface area contributed by atoms with Crippen molar-refractivity contribution >= 4 is 0 Å². The van der Waals surface area contributed by atoms with Gasteiger partial charge in [-0.3, -0.25) is 0 Å². The van der Waals surface area contributed by atoms with Crippen molar-refractivity contribution in [3.63, 3.8) is 0 Å². The van der Waals surface area contributed by atoms with Crippen LogP contribution in [0.15, 0.2) is 47.1 Å². The highest BCUT2D eigenvalue weighted by Crippen LogP contribution is 2.31. The average molecular weight is 272 g/mol. The monoisotopic (exact) mass is 272 g/mol. The summed E-state index contributed by atoms with van der Waals surface area (Å²) in [7, 11) is 0. The molecule has 1 N–H and O–H groups in total. The fourth-order valence-electron chi connectivity index (χ4n) is 1.70. The first-order valence-corrected chi connectivity index (χ1v) is 5.51. The first-order chi connectivity index (χ1) is 8.96. The second-order valence-electron chi connectivity index (χ2n) is 3.88. The molecule has 0 bridgehead atoms. The Morgan fingerprint density at radius 3 is 2.53 bits per heavy atom. The number of aliphatic hydroxyl groups excluding tert-OH is 1. The lowest BCUT2D eigenvalue weighted by Crippen LogP contribution is -2.19. The lowest BCUT2D eigenvalue weighted by Gasteiger charge is -2.16. The van der Waals surface area contributed by atoms with Crippen molar-refractivity contribution in [2.45, 2.75) is 18.9 Å². The van der Waals surface area contributed by atoms with E-state index in [2.05, 4.69) is 4.74 Å². The van der Waals surface area contributed by atoms with Crippen molar-refractivity contribution < 1.29 is 27.4 Å². The number of alkyl halides is 3. The van der Waals surface area contributed by atoms with Crippen molar-refractivity contribution in [2.24, 2.45) is 0 Å². The largest absolute Gasteiger partial charge is 0.573 e. The van der Waals surface area contributed by atoms with Crippen LogP contribution in [0, 0.1) is 0 Å². The van der Waals surface area contributed by atoms with Gasteiger partial charge >= 0.3 is 6.36 Å². The molecule has 19 heavy (non-hydrogen) atoms. The molecule has 0 aliphatic carbocycles. The maximum Gasteiger partial charge on any atom is 0.573 e. The zero-order valence-electron chi connectivity index (χ0n) is 9.72. The molecule has 0 fully saturated rings. The third-order valence-electron chi connectivity index (χ3n) is 2.48. The van der Waals surface area contributed by atoms with Crippen LogP contribution in [0.25, 0.3) is 0 Å². The number of para-hydroxylation sites is 1. The summed E-state index contributed by atoms with van der Waals surface area (Å²) in [6.07, 6.45) is -4.42. The molecule has 3 nitrogen and oxygen atoms in total. The molecule has 2 aromatic rings. The van der Waals surface area contributed by atoms with Gasteiger partial charge in [0, 0.05) is 12.0 Å². The van der Waals surface area contributed by atoms with E-state index in [1.807, 2.05) is 0 Å². The molecule has 0 radical (unpaired) electrons. The minimum absolute atomic E-state index is 0.0659. The summed E-state index contributed by atoms with van der Waals surface area (Å²) in [6.45, 7) is 0. The molecule has 0 aliphatic rings. The molecular weight excluding hydrogens is 261 g/mol. The van der Waals surface area contributed by atoms with Gasteiger partial charge in [0.05, 0.1) is 12.4 Å². The minimum atomic E-state index is -4.79. The molecule has 0 spiro atoms. The highest BCUT2D eigenvalue weighted by atomic mass is 19.4. The Morgan fingerprint density at radius 2 is 1.89 bits per heavy atom. The van der Waals surface area contributed by atoms with Crippen LogP contribution in [0.2, 0.25) is 0 Å². The van der Waals surface area contributed by atoms with E-state index in [9.17, 15) is 18.3 Å². The van der Waals surface area contributed by atoms with Crippen LogP contribution in [-0.4, -0.2) is 11.5 Å². The van der Waals surface area contributed by atoms with E-state index >= 15 is 0 Å². The van der Waals surface area contributed by atoms with Crippen LogP contribution < -0.4 is 4.74 Å². The Hall–Kier alpha value is -1.95. The summed E-state index contributed by atoms with van der Waals surface area (Å²) < 4.78 is 45.6. The second kappa shape index (κ2) is 5.36. The Morgan fingerprint density at radius 1 is 1.16 bits per heavy atom. The number of rotatable bonds is 4. The molecular formula is C13H11F3O3. The zero-order valence-corrected chi connectivity index (χ0v) is 9.72. The smallest absolute Gasteiger partial charge is 0.469 e. The van der Waals surface area contributed by atoms with Crippen molar-refractivity contribution in [3.8, 4) is 5.75 Å². The topological polar surface area (TPSA) is 42.6 Å². The predicted molar refractivity (Wildman–Crippen MR) is 60.5 cm³/mol. The standard InChI is InChI=1S/C13H11F3O3/c14-13(15,16)19-12-6-2-1-5-10(12)11(17)8-9-4-3-7-18-9/h1-7,11,17H,8H2. The molecule has 6 heteroatoms. The van der Waals surface area contributed by atoms with E-state index in [1.54, 1.807) is 12.1 Å². The van der Waals surface area contributed by atoms with Gasteiger partial charge in [0.2, 0.25) is 0 Å². The molecule has 1 aromatic carbocycles. The Labute approximate surface area is 107 Å². The predicted octanol–water partition coefficient (Wildman–Crippen LogP) is 3.45. The number of halogens is 3. The zero-order chi connectivity index (χ0) is 13.9. The normalized spacial score (nSPS) is 13.3. The molecule has 1 aromatic heterocycles. The van der Waals surface area contributed by atoms with Crippen molar-refractivity contribution in [1.82, 2.24) is 0 Å². The molecule has 0 amide bonds. The molecule has 0 saturated heterocycles. The van der Waals surface area contributed by atoms with Gasteiger partial charge in [-0.25, -0.2) is 0 Å². The first kappa shape index (κ1) is 13.5. The lowest BCUT2D eigenvalue weighted by molar-refractivity contribution is -0.275. The van der Waals surface area contributed by atoms with Gasteiger partial charge in [-0.05, 0) is 18.2 Å². The SMILES string of the molecule is OC(Cc1ccco1)c1ccccc1OC(F)(F)F. The van der Waals surface area contributed by atoms with E-state index in [4.69, 9.17) is 4.42 Å². The minimum Gasteiger partial charge on any atom is -0.469 e. The van der Waals surface area contributed by atoms with Gasteiger partial charge in [0.1, 0.15) is 11.5 Å². The quantitative estimate of drug-likeness (QED) is 0.926.